The van der Waals surface area contributed by atoms with Gasteiger partial charge in [-0.3, -0.25) is 0 Å². The van der Waals surface area contributed by atoms with Crippen molar-refractivity contribution in [2.45, 2.75) is 26.8 Å². The minimum atomic E-state index is -0.474. The summed E-state index contributed by atoms with van der Waals surface area (Å²) < 4.78 is 19.7. The number of hydrogen-bond acceptors (Lipinski definition) is 4. The minimum Gasteiger partial charge on any atom is -0.462 e. The Morgan fingerprint density at radius 3 is 2.67 bits per heavy atom. The van der Waals surface area contributed by atoms with Crippen LogP contribution in [0.25, 0.3) is 5.57 Å². The van der Waals surface area contributed by atoms with Gasteiger partial charge in [0.1, 0.15) is 5.82 Å². The minimum absolute atomic E-state index is 0.0938. The van der Waals surface area contributed by atoms with Gasteiger partial charge in [0, 0.05) is 15.3 Å². The summed E-state index contributed by atoms with van der Waals surface area (Å²) >= 11 is 1.91. The number of hydrogen-bond donors (Lipinski definition) is 1. The number of benzene rings is 1. The van der Waals surface area contributed by atoms with Gasteiger partial charge in [0.2, 0.25) is 0 Å². The van der Waals surface area contributed by atoms with Crippen LogP contribution in [0.15, 0.2) is 30.5 Å². The number of ether oxygens (including phenoxy) is 1. The number of carbonyl (C=O) groups excluding carboxylic acids is 1. The van der Waals surface area contributed by atoms with Crippen LogP contribution in [0.1, 0.15) is 26.3 Å². The molecule has 0 spiro atoms. The molecule has 0 saturated carbocycles. The lowest BCUT2D eigenvalue weighted by atomic mass is 9.91. The van der Waals surface area contributed by atoms with Crippen LogP contribution >= 0.6 is 22.6 Å². The van der Waals surface area contributed by atoms with Gasteiger partial charge in [-0.1, -0.05) is 20.4 Å². The highest BCUT2D eigenvalue weighted by molar-refractivity contribution is 14.1. The summed E-state index contributed by atoms with van der Waals surface area (Å²) in [7, 11) is 0. The molecule has 4 nitrogen and oxygen atoms in total. The SMILES string of the molecule is C=C1C(C(=O)OCC)=CN([C@H](CO)C(C)C)c2cc(F)c(I)cc21. The van der Waals surface area contributed by atoms with Crippen molar-refractivity contribution in [3.63, 3.8) is 0 Å². The standard InChI is InChI=1S/C18H21FINO3/c1-5-24-18(23)13-8-21(17(9-22)10(2)3)16-7-14(19)15(20)6-12(16)11(13)4/h6-8,10,17,22H,4-5,9H2,1-3H3/t17-/m1/s1. The van der Waals surface area contributed by atoms with Gasteiger partial charge in [0.05, 0.1) is 30.5 Å². The van der Waals surface area contributed by atoms with E-state index in [1.54, 1.807) is 24.1 Å². The van der Waals surface area contributed by atoms with Gasteiger partial charge in [0.25, 0.3) is 0 Å². The molecule has 0 bridgehead atoms. The number of aliphatic hydroxyl groups is 1. The van der Waals surface area contributed by atoms with Crippen LogP contribution in [0.5, 0.6) is 0 Å². The van der Waals surface area contributed by atoms with E-state index >= 15 is 0 Å². The molecule has 0 amide bonds. The van der Waals surface area contributed by atoms with Crippen LogP contribution < -0.4 is 4.90 Å². The van der Waals surface area contributed by atoms with E-state index in [9.17, 15) is 14.3 Å². The van der Waals surface area contributed by atoms with E-state index in [0.29, 0.717) is 26.0 Å². The summed E-state index contributed by atoms with van der Waals surface area (Å²) in [6, 6.07) is 2.80. The molecule has 6 heteroatoms. The first kappa shape index (κ1) is 18.9. The lowest BCUT2D eigenvalue weighted by Gasteiger charge is -2.37. The fourth-order valence-corrected chi connectivity index (χ4v) is 3.17. The van der Waals surface area contributed by atoms with E-state index < -0.39 is 5.97 Å². The maximum Gasteiger partial charge on any atom is 0.340 e. The lowest BCUT2D eigenvalue weighted by Crippen LogP contribution is -2.40. The van der Waals surface area contributed by atoms with Crippen molar-refractivity contribution in [1.29, 1.82) is 0 Å². The molecule has 0 unspecified atom stereocenters. The van der Waals surface area contributed by atoms with Crippen LogP contribution in [0.3, 0.4) is 0 Å². The number of halogens is 2. The van der Waals surface area contributed by atoms with Crippen LogP contribution in [-0.4, -0.2) is 30.3 Å². The average molecular weight is 445 g/mol. The van der Waals surface area contributed by atoms with E-state index in [4.69, 9.17) is 4.74 Å². The zero-order valence-corrected chi connectivity index (χ0v) is 16.1. The van der Waals surface area contributed by atoms with Gasteiger partial charge in [-0.2, -0.15) is 0 Å². The van der Waals surface area contributed by atoms with Crippen molar-refractivity contribution in [1.82, 2.24) is 0 Å². The third-order valence-corrected chi connectivity index (χ3v) is 4.87. The number of esters is 1. The summed E-state index contributed by atoms with van der Waals surface area (Å²) in [4.78, 5) is 14.0. The quantitative estimate of drug-likeness (QED) is 0.555. The Balaban J connectivity index is 2.63. The van der Waals surface area contributed by atoms with E-state index in [-0.39, 0.29) is 31.0 Å². The van der Waals surface area contributed by atoms with Crippen LogP contribution in [-0.2, 0) is 9.53 Å². The lowest BCUT2D eigenvalue weighted by molar-refractivity contribution is -0.138. The summed E-state index contributed by atoms with van der Waals surface area (Å²) in [5, 5.41) is 9.79. The summed E-state index contributed by atoms with van der Waals surface area (Å²) in [6.45, 7) is 9.79. The highest BCUT2D eigenvalue weighted by atomic mass is 127. The molecule has 1 atom stereocenters. The smallest absolute Gasteiger partial charge is 0.340 e. The van der Waals surface area contributed by atoms with Crippen molar-refractivity contribution in [2.75, 3.05) is 18.1 Å². The Bertz CT molecular complexity index is 700. The molecule has 0 aliphatic carbocycles. The van der Waals surface area contributed by atoms with E-state index in [2.05, 4.69) is 6.58 Å². The predicted molar refractivity (Wildman–Crippen MR) is 101 cm³/mol. The summed E-state index contributed by atoms with van der Waals surface area (Å²) in [6.07, 6.45) is 1.61. The predicted octanol–water partition coefficient (Wildman–Crippen LogP) is 3.73. The van der Waals surface area contributed by atoms with E-state index in [0.717, 1.165) is 0 Å². The zero-order chi connectivity index (χ0) is 18.0. The molecule has 1 aromatic rings. The Kier molecular flexibility index (Phi) is 6.03. The third kappa shape index (κ3) is 3.49. The van der Waals surface area contributed by atoms with Gasteiger partial charge in [-0.25, -0.2) is 9.18 Å². The summed E-state index contributed by atoms with van der Waals surface area (Å²) in [5.74, 6) is -0.727. The second-order valence-corrected chi connectivity index (χ2v) is 7.09. The fourth-order valence-electron chi connectivity index (χ4n) is 2.70. The van der Waals surface area contributed by atoms with E-state index in [1.807, 2.05) is 36.4 Å². The Morgan fingerprint density at radius 1 is 1.46 bits per heavy atom. The van der Waals surface area contributed by atoms with Crippen LogP contribution in [0.4, 0.5) is 10.1 Å². The molecular formula is C18H21FINO3. The second-order valence-electron chi connectivity index (χ2n) is 5.93. The van der Waals surface area contributed by atoms with Gasteiger partial charge in [-0.05, 0) is 53.1 Å². The molecule has 1 aliphatic rings. The maximum absolute atomic E-state index is 14.1. The van der Waals surface area contributed by atoms with Crippen molar-refractivity contribution < 1.29 is 19.0 Å². The fraction of sp³-hybridized carbons (Fsp3) is 0.389. The first-order valence-corrected chi connectivity index (χ1v) is 8.86. The Morgan fingerprint density at radius 2 is 2.12 bits per heavy atom. The maximum atomic E-state index is 14.1. The highest BCUT2D eigenvalue weighted by Gasteiger charge is 2.31. The second kappa shape index (κ2) is 7.65. The first-order valence-electron chi connectivity index (χ1n) is 7.78. The molecule has 0 saturated heterocycles. The van der Waals surface area contributed by atoms with Gasteiger partial charge < -0.3 is 14.7 Å². The highest BCUT2D eigenvalue weighted by Crippen LogP contribution is 2.40. The molecule has 1 aromatic carbocycles. The molecule has 0 radical (unpaired) electrons. The van der Waals surface area contributed by atoms with Crippen LogP contribution in [0, 0.1) is 15.3 Å². The van der Waals surface area contributed by atoms with Gasteiger partial charge >= 0.3 is 5.97 Å². The summed E-state index contributed by atoms with van der Waals surface area (Å²) in [5.41, 5.74) is 2.09. The zero-order valence-electron chi connectivity index (χ0n) is 14.0. The number of fused-ring (bicyclic) bond motifs is 1. The van der Waals surface area contributed by atoms with E-state index in [1.165, 1.54) is 6.07 Å². The first-order chi connectivity index (χ1) is 11.3. The molecule has 0 fully saturated rings. The van der Waals surface area contributed by atoms with Gasteiger partial charge in [0.15, 0.2) is 0 Å². The number of anilines is 1. The van der Waals surface area contributed by atoms with Crippen molar-refractivity contribution in [3.05, 3.63) is 45.4 Å². The van der Waals surface area contributed by atoms with Crippen LogP contribution in [0.2, 0.25) is 0 Å². The normalized spacial score (nSPS) is 15.2. The molecule has 130 valence electrons. The molecule has 0 aromatic heterocycles. The molecule has 1 heterocycles. The number of aliphatic hydroxyl groups excluding tert-OH is 1. The van der Waals surface area contributed by atoms with Crippen molar-refractivity contribution in [3.8, 4) is 0 Å². The molecule has 1 N–H and O–H groups in total. The average Bonchev–Trinajstić information content (AvgIpc) is 2.52. The number of rotatable bonds is 5. The number of nitrogens with zero attached hydrogens (tertiary/aromatic N) is 1. The molecule has 1 aliphatic heterocycles. The Labute approximate surface area is 155 Å². The number of carbonyl (C=O) groups is 1. The topological polar surface area (TPSA) is 49.8 Å². The molecular weight excluding hydrogens is 424 g/mol. The monoisotopic (exact) mass is 445 g/mol. The van der Waals surface area contributed by atoms with Crippen molar-refractivity contribution in [2.24, 2.45) is 5.92 Å². The van der Waals surface area contributed by atoms with Crippen molar-refractivity contribution >= 4 is 39.8 Å². The largest absolute Gasteiger partial charge is 0.462 e. The molecule has 2 rings (SSSR count). The Hall–Kier alpha value is -1.41. The molecule has 24 heavy (non-hydrogen) atoms. The third-order valence-electron chi connectivity index (χ3n) is 4.04. The van der Waals surface area contributed by atoms with Gasteiger partial charge in [-0.15, -0.1) is 0 Å².